The van der Waals surface area contributed by atoms with Gasteiger partial charge < -0.3 is 13.6 Å². The first-order chi connectivity index (χ1) is 14.6. The normalized spacial score (nSPS) is 13.6. The number of hydrogen-bond donors (Lipinski definition) is 0. The summed E-state index contributed by atoms with van der Waals surface area (Å²) in [5, 5.41) is -0.797. The van der Waals surface area contributed by atoms with Gasteiger partial charge in [0.1, 0.15) is 6.61 Å². The molecule has 0 aliphatic heterocycles. The molecule has 0 aliphatic rings. The summed E-state index contributed by atoms with van der Waals surface area (Å²) in [6.07, 6.45) is 2.12. The Hall–Kier alpha value is -1.92. The van der Waals surface area contributed by atoms with Gasteiger partial charge in [0.25, 0.3) is 0 Å². The van der Waals surface area contributed by atoms with Crippen molar-refractivity contribution in [2.45, 2.75) is 84.7 Å². The van der Waals surface area contributed by atoms with E-state index in [0.717, 1.165) is 18.1 Å². The van der Waals surface area contributed by atoms with Crippen molar-refractivity contribution in [3.05, 3.63) is 48.0 Å². The predicted octanol–water partition coefficient (Wildman–Crippen LogP) is 6.32. The Morgan fingerprint density at radius 2 is 1.50 bits per heavy atom. The van der Waals surface area contributed by atoms with E-state index in [2.05, 4.69) is 32.6 Å². The Balaban J connectivity index is 3.10. The summed E-state index contributed by atoms with van der Waals surface area (Å²) >= 11 is 0. The van der Waals surface area contributed by atoms with Crippen LogP contribution < -0.4 is 0 Å². The van der Waals surface area contributed by atoms with Gasteiger partial charge in [-0.2, -0.15) is 0 Å². The first-order valence-electron chi connectivity index (χ1n) is 11.4. The van der Waals surface area contributed by atoms with E-state index in [4.69, 9.17) is 13.6 Å². The van der Waals surface area contributed by atoms with Crippen LogP contribution in [0.3, 0.4) is 0 Å². The number of carbonyl (C=O) groups excluding carboxylic acids is 2. The van der Waals surface area contributed by atoms with Gasteiger partial charge in [0.2, 0.25) is 0 Å². The van der Waals surface area contributed by atoms with Crippen molar-refractivity contribution in [2.24, 2.45) is 5.92 Å². The molecule has 0 heterocycles. The minimum absolute atomic E-state index is 0.0795. The molecule has 1 aromatic rings. The van der Waals surface area contributed by atoms with Crippen molar-refractivity contribution in [2.75, 3.05) is 13.2 Å². The van der Waals surface area contributed by atoms with Crippen LogP contribution in [0.5, 0.6) is 0 Å². The van der Waals surface area contributed by atoms with Gasteiger partial charge in [-0.3, -0.25) is 4.79 Å². The molecule has 0 aromatic heterocycles. The average molecular weight is 463 g/mol. The minimum Gasteiger partial charge on any atom is -0.493 e. The van der Waals surface area contributed by atoms with Crippen LogP contribution in [-0.4, -0.2) is 33.7 Å². The van der Waals surface area contributed by atoms with Crippen LogP contribution in [0.15, 0.2) is 36.9 Å². The topological polar surface area (TPSA) is 61.8 Å². The van der Waals surface area contributed by atoms with Gasteiger partial charge in [0, 0.05) is 16.2 Å². The second kappa shape index (κ2) is 11.3. The highest BCUT2D eigenvalue weighted by Gasteiger charge is 2.61. The third-order valence-electron chi connectivity index (χ3n) is 5.50. The zero-order valence-electron chi connectivity index (χ0n) is 21.4. The first-order valence-corrected chi connectivity index (χ1v) is 13.2. The maximum absolute atomic E-state index is 13.3. The molecule has 1 rings (SSSR count). The lowest BCUT2D eigenvalue weighted by molar-refractivity contribution is -0.142. The van der Waals surface area contributed by atoms with Gasteiger partial charge in [0.05, 0.1) is 12.5 Å². The van der Waals surface area contributed by atoms with E-state index in [1.165, 1.54) is 5.56 Å². The summed E-state index contributed by atoms with van der Waals surface area (Å²) in [6.45, 7) is 22.1. The minimum atomic E-state index is -3.14. The highest BCUT2D eigenvalue weighted by atomic mass is 28.4. The van der Waals surface area contributed by atoms with Gasteiger partial charge in [-0.25, -0.2) is 4.79 Å². The molecule has 0 aliphatic carbocycles. The molecule has 0 saturated heterocycles. The summed E-state index contributed by atoms with van der Waals surface area (Å²) < 4.78 is 17.8. The fraction of sp³-hybridized carbons (Fsp3) is 0.615. The lowest BCUT2D eigenvalue weighted by Gasteiger charge is -2.48. The van der Waals surface area contributed by atoms with Crippen molar-refractivity contribution in [3.63, 3.8) is 0 Å². The van der Waals surface area contributed by atoms with E-state index in [-0.39, 0.29) is 19.2 Å². The highest BCUT2D eigenvalue weighted by molar-refractivity contribution is 6.74. The monoisotopic (exact) mass is 462 g/mol. The number of rotatable bonds is 10. The van der Waals surface area contributed by atoms with Crippen molar-refractivity contribution in [1.29, 1.82) is 0 Å². The molecule has 1 atom stereocenters. The van der Waals surface area contributed by atoms with Crippen molar-refractivity contribution in [3.8, 4) is 0 Å². The van der Waals surface area contributed by atoms with Gasteiger partial charge in [-0.1, -0.05) is 86.2 Å². The maximum atomic E-state index is 13.3. The molecule has 0 N–H and O–H groups in total. The largest absolute Gasteiger partial charge is 0.493 e. The summed E-state index contributed by atoms with van der Waals surface area (Å²) in [5.41, 5.74) is 2.18. The molecular weight excluding hydrogens is 420 g/mol. The second-order valence-electron chi connectivity index (χ2n) is 10.8. The third-order valence-corrected chi connectivity index (χ3v) is 10.5. The molecule has 0 bridgehead atoms. The summed E-state index contributed by atoms with van der Waals surface area (Å²) in [6, 6.07) is 8.19. The van der Waals surface area contributed by atoms with Crippen molar-refractivity contribution in [1.82, 2.24) is 0 Å². The molecular formula is C26H42O5Si. The molecule has 5 nitrogen and oxygen atoms in total. The van der Waals surface area contributed by atoms with Crippen molar-refractivity contribution >= 4 is 20.5 Å². The van der Waals surface area contributed by atoms with Crippen LogP contribution in [0.2, 0.25) is 10.1 Å². The van der Waals surface area contributed by atoms with Gasteiger partial charge in [-0.05, 0) is 30.4 Å². The van der Waals surface area contributed by atoms with Crippen LogP contribution in [-0.2, 0) is 29.6 Å². The van der Waals surface area contributed by atoms with Crippen LogP contribution in [0.25, 0.3) is 0 Å². The van der Waals surface area contributed by atoms with Crippen molar-refractivity contribution < 1.29 is 23.2 Å². The molecule has 0 fully saturated rings. The number of hydrogen-bond acceptors (Lipinski definition) is 5. The number of benzene rings is 1. The molecule has 1 unspecified atom stereocenters. The van der Waals surface area contributed by atoms with Crippen LogP contribution in [0.4, 0.5) is 0 Å². The Bertz CT molecular complexity index is 755. The first kappa shape index (κ1) is 28.1. The molecule has 0 spiro atoms. The van der Waals surface area contributed by atoms with Crippen LogP contribution in [0, 0.1) is 5.92 Å². The summed E-state index contributed by atoms with van der Waals surface area (Å²) in [7, 11) is -3.14. The molecule has 0 amide bonds. The molecule has 0 saturated carbocycles. The zero-order chi connectivity index (χ0) is 24.7. The fourth-order valence-corrected chi connectivity index (χ4v) is 8.68. The molecule has 32 heavy (non-hydrogen) atoms. The van der Waals surface area contributed by atoms with E-state index in [9.17, 15) is 9.59 Å². The summed E-state index contributed by atoms with van der Waals surface area (Å²) in [4.78, 5) is 24.7. The lowest BCUT2D eigenvalue weighted by atomic mass is 9.97. The van der Waals surface area contributed by atoms with E-state index in [1.807, 2.05) is 60.6 Å². The Kier molecular flexibility index (Phi) is 9.91. The smallest absolute Gasteiger partial charge is 0.412 e. The Morgan fingerprint density at radius 3 is 1.94 bits per heavy atom. The van der Waals surface area contributed by atoms with Crippen LogP contribution >= 0.6 is 0 Å². The average Bonchev–Trinajstić information content (AvgIpc) is 2.67. The zero-order valence-corrected chi connectivity index (χ0v) is 22.4. The second-order valence-corrected chi connectivity index (χ2v) is 15.5. The van der Waals surface area contributed by atoms with Crippen LogP contribution in [0.1, 0.15) is 79.4 Å². The lowest BCUT2D eigenvalue weighted by Crippen LogP contribution is -2.59. The molecule has 6 heteroatoms. The third kappa shape index (κ3) is 7.31. The summed E-state index contributed by atoms with van der Waals surface area (Å²) in [5.74, 6) is -0.627. The number of ether oxygens (including phenoxy) is 1. The van der Waals surface area contributed by atoms with E-state index in [0.29, 0.717) is 5.92 Å². The Morgan fingerprint density at radius 1 is 0.969 bits per heavy atom. The predicted molar refractivity (Wildman–Crippen MR) is 132 cm³/mol. The number of esters is 1. The van der Waals surface area contributed by atoms with E-state index < -0.39 is 30.5 Å². The molecule has 1 aromatic carbocycles. The Labute approximate surface area is 195 Å². The van der Waals surface area contributed by atoms with E-state index >= 15 is 0 Å². The molecule has 180 valence electrons. The standard InChI is InChI=1S/C26H42O5Si/c1-11-23(27)29-16-17-30-32(25(5,6)7,26(8,9)10)31-24(28)20(4)22-14-12-21(13-15-22)18-19(2)3/h11-15,19-20H,1,16-18H2,2-10H3. The van der Waals surface area contributed by atoms with Gasteiger partial charge in [-0.15, -0.1) is 0 Å². The van der Waals surface area contributed by atoms with Gasteiger partial charge in [0.15, 0.2) is 0 Å². The van der Waals surface area contributed by atoms with Gasteiger partial charge >= 0.3 is 20.5 Å². The fourth-order valence-electron chi connectivity index (χ4n) is 4.06. The molecule has 0 radical (unpaired) electrons. The number of carbonyl (C=O) groups is 2. The highest BCUT2D eigenvalue weighted by Crippen LogP contribution is 2.52. The SMILES string of the molecule is C=CC(=O)OCCO[Si](OC(=O)C(C)c1ccc(CC(C)C)cc1)(C(C)(C)C)C(C)(C)C. The van der Waals surface area contributed by atoms with E-state index in [1.54, 1.807) is 0 Å². The quantitative estimate of drug-likeness (QED) is 0.176. The maximum Gasteiger partial charge on any atom is 0.412 e.